The van der Waals surface area contributed by atoms with Gasteiger partial charge < -0.3 is 11.1 Å². The minimum Gasteiger partial charge on any atom is -0.348 e. The summed E-state index contributed by atoms with van der Waals surface area (Å²) in [5, 5.41) is 7.23. The van der Waals surface area contributed by atoms with Gasteiger partial charge in [-0.3, -0.25) is 9.48 Å². The zero-order chi connectivity index (χ0) is 13.9. The van der Waals surface area contributed by atoms with Gasteiger partial charge in [0.1, 0.15) is 0 Å². The molecule has 19 heavy (non-hydrogen) atoms. The first-order valence-corrected chi connectivity index (χ1v) is 6.38. The predicted molar refractivity (Wildman–Crippen MR) is 79.3 cm³/mol. The molecule has 6 heteroatoms. The molecule has 5 nitrogen and oxygen atoms in total. The van der Waals surface area contributed by atoms with Gasteiger partial charge in [-0.05, 0) is 27.2 Å². The molecule has 1 amide bonds. The van der Waals surface area contributed by atoms with Crippen molar-refractivity contribution in [3.8, 4) is 0 Å². The summed E-state index contributed by atoms with van der Waals surface area (Å²) in [6, 6.07) is -0.0778. The number of hydrogen-bond acceptors (Lipinski definition) is 3. The molecule has 2 atom stereocenters. The number of nitrogens with two attached hydrogens (primary N) is 1. The topological polar surface area (TPSA) is 72.9 Å². The highest BCUT2D eigenvalue weighted by atomic mass is 35.5. The normalized spacial score (nSPS) is 15.3. The molecule has 0 fully saturated rings. The number of carbonyl (C=O) groups is 1. The van der Waals surface area contributed by atoms with E-state index in [9.17, 15) is 4.79 Å². The van der Waals surface area contributed by atoms with Crippen LogP contribution in [0, 0.1) is 6.92 Å². The summed E-state index contributed by atoms with van der Waals surface area (Å²) < 4.78 is 1.75. The van der Waals surface area contributed by atoms with Crippen molar-refractivity contribution in [1.82, 2.24) is 15.1 Å². The van der Waals surface area contributed by atoms with Gasteiger partial charge in [-0.25, -0.2) is 0 Å². The third kappa shape index (κ3) is 4.51. The van der Waals surface area contributed by atoms with E-state index in [-0.39, 0.29) is 24.4 Å². The lowest BCUT2D eigenvalue weighted by Crippen LogP contribution is -2.52. The number of nitrogens with one attached hydrogen (secondary N) is 1. The first-order chi connectivity index (χ1) is 8.27. The van der Waals surface area contributed by atoms with Crippen molar-refractivity contribution in [1.29, 1.82) is 0 Å². The monoisotopic (exact) mass is 288 g/mol. The average Bonchev–Trinajstić information content (AvgIpc) is 2.57. The average molecular weight is 289 g/mol. The second-order valence-corrected chi connectivity index (χ2v) is 5.21. The summed E-state index contributed by atoms with van der Waals surface area (Å²) in [4.78, 5) is 12.1. The lowest BCUT2D eigenvalue weighted by Gasteiger charge is -2.25. The largest absolute Gasteiger partial charge is 0.348 e. The Labute approximate surface area is 121 Å². The van der Waals surface area contributed by atoms with Crippen LogP contribution in [0.1, 0.15) is 50.9 Å². The lowest BCUT2D eigenvalue weighted by molar-refractivity contribution is -0.126. The van der Waals surface area contributed by atoms with Crippen LogP contribution in [0.25, 0.3) is 0 Å². The highest BCUT2D eigenvalue weighted by Crippen LogP contribution is 2.17. The molecule has 1 rings (SSSR count). The van der Waals surface area contributed by atoms with E-state index in [0.29, 0.717) is 6.42 Å². The maximum Gasteiger partial charge on any atom is 0.240 e. The van der Waals surface area contributed by atoms with Crippen molar-refractivity contribution in [3.63, 3.8) is 0 Å². The minimum atomic E-state index is -0.806. The second-order valence-electron chi connectivity index (χ2n) is 5.21. The van der Waals surface area contributed by atoms with Gasteiger partial charge in [0.15, 0.2) is 0 Å². The standard InChI is InChI=1S/C13H24N4O.ClH/c1-6-7-13(4,14)12(18)15-9(2)11-8-17(5)16-10(11)3;/h8-9H,6-7,14H2,1-5H3,(H,15,18);1H. The number of halogens is 1. The van der Waals surface area contributed by atoms with E-state index in [1.807, 2.05) is 34.0 Å². The highest BCUT2D eigenvalue weighted by molar-refractivity contribution is 5.86. The Morgan fingerprint density at radius 1 is 1.63 bits per heavy atom. The third-order valence-electron chi connectivity index (χ3n) is 3.15. The lowest BCUT2D eigenvalue weighted by atomic mass is 9.95. The molecule has 0 spiro atoms. The van der Waals surface area contributed by atoms with Crippen molar-refractivity contribution in [2.45, 2.75) is 52.1 Å². The van der Waals surface area contributed by atoms with Crippen LogP contribution in [0.15, 0.2) is 6.20 Å². The summed E-state index contributed by atoms with van der Waals surface area (Å²) in [6.07, 6.45) is 3.49. The number of aryl methyl sites for hydroxylation is 2. The molecule has 0 saturated heterocycles. The second kappa shape index (κ2) is 6.91. The molecule has 1 aromatic rings. The van der Waals surface area contributed by atoms with Gasteiger partial charge in [0.25, 0.3) is 0 Å². The smallest absolute Gasteiger partial charge is 0.240 e. The van der Waals surface area contributed by atoms with Gasteiger partial charge >= 0.3 is 0 Å². The Bertz CT molecular complexity index is 428. The first-order valence-electron chi connectivity index (χ1n) is 6.38. The third-order valence-corrected chi connectivity index (χ3v) is 3.15. The Hall–Kier alpha value is -1.07. The molecule has 1 aromatic heterocycles. The molecular weight excluding hydrogens is 264 g/mol. The predicted octanol–water partition coefficient (Wildman–Crippen LogP) is 1.85. The van der Waals surface area contributed by atoms with Crippen molar-refractivity contribution in [2.75, 3.05) is 0 Å². The van der Waals surface area contributed by atoms with Gasteiger partial charge in [0.05, 0.1) is 17.3 Å². The van der Waals surface area contributed by atoms with E-state index < -0.39 is 5.54 Å². The summed E-state index contributed by atoms with van der Waals surface area (Å²) in [5.41, 5.74) is 7.16. The molecule has 0 radical (unpaired) electrons. The zero-order valence-corrected chi connectivity index (χ0v) is 13.2. The Kier molecular flexibility index (Phi) is 6.52. The zero-order valence-electron chi connectivity index (χ0n) is 12.4. The van der Waals surface area contributed by atoms with Gasteiger partial charge in [-0.2, -0.15) is 5.10 Å². The number of amides is 1. The van der Waals surface area contributed by atoms with E-state index >= 15 is 0 Å². The van der Waals surface area contributed by atoms with E-state index in [1.54, 1.807) is 11.6 Å². The summed E-state index contributed by atoms with van der Waals surface area (Å²) in [7, 11) is 1.87. The van der Waals surface area contributed by atoms with Gasteiger partial charge in [0.2, 0.25) is 5.91 Å². The Morgan fingerprint density at radius 2 is 2.21 bits per heavy atom. The molecule has 3 N–H and O–H groups in total. The van der Waals surface area contributed by atoms with Gasteiger partial charge in [-0.15, -0.1) is 12.4 Å². The van der Waals surface area contributed by atoms with Crippen LogP contribution in [0.5, 0.6) is 0 Å². The molecule has 0 aliphatic rings. The van der Waals surface area contributed by atoms with Crippen LogP contribution in [0.3, 0.4) is 0 Å². The van der Waals surface area contributed by atoms with Gasteiger partial charge in [-0.1, -0.05) is 13.3 Å². The van der Waals surface area contributed by atoms with Crippen LogP contribution in [0.4, 0.5) is 0 Å². The van der Waals surface area contributed by atoms with Crippen LogP contribution >= 0.6 is 12.4 Å². The summed E-state index contributed by atoms with van der Waals surface area (Å²) >= 11 is 0. The quantitative estimate of drug-likeness (QED) is 0.868. The van der Waals surface area contributed by atoms with E-state index in [1.165, 1.54) is 0 Å². The molecule has 0 aliphatic carbocycles. The first kappa shape index (κ1) is 17.9. The molecule has 0 saturated carbocycles. The fraction of sp³-hybridized carbons (Fsp3) is 0.692. The number of aromatic nitrogens is 2. The fourth-order valence-corrected chi connectivity index (χ4v) is 2.12. The van der Waals surface area contributed by atoms with Gasteiger partial charge in [0, 0.05) is 18.8 Å². The molecule has 0 aliphatic heterocycles. The molecule has 2 unspecified atom stereocenters. The maximum atomic E-state index is 12.1. The Morgan fingerprint density at radius 3 is 2.63 bits per heavy atom. The minimum absolute atomic E-state index is 0. The molecular formula is C13H25ClN4O. The van der Waals surface area contributed by atoms with Crippen LogP contribution in [-0.4, -0.2) is 21.2 Å². The molecule has 0 aromatic carbocycles. The maximum absolute atomic E-state index is 12.1. The number of rotatable bonds is 5. The van der Waals surface area contributed by atoms with Crippen molar-refractivity contribution < 1.29 is 4.79 Å². The van der Waals surface area contributed by atoms with Crippen LogP contribution in [-0.2, 0) is 11.8 Å². The number of nitrogens with zero attached hydrogens (tertiary/aromatic N) is 2. The van der Waals surface area contributed by atoms with E-state index in [4.69, 9.17) is 5.73 Å². The van der Waals surface area contributed by atoms with Crippen molar-refractivity contribution in [2.24, 2.45) is 12.8 Å². The van der Waals surface area contributed by atoms with Crippen LogP contribution in [0.2, 0.25) is 0 Å². The fourth-order valence-electron chi connectivity index (χ4n) is 2.12. The van der Waals surface area contributed by atoms with E-state index in [2.05, 4.69) is 10.4 Å². The van der Waals surface area contributed by atoms with E-state index in [0.717, 1.165) is 17.7 Å². The Balaban J connectivity index is 0.00000324. The molecule has 110 valence electrons. The van der Waals surface area contributed by atoms with Crippen molar-refractivity contribution >= 4 is 18.3 Å². The molecule has 1 heterocycles. The highest BCUT2D eigenvalue weighted by Gasteiger charge is 2.28. The SMILES string of the molecule is CCCC(C)(N)C(=O)NC(C)c1cn(C)nc1C.Cl. The van der Waals surface area contributed by atoms with Crippen molar-refractivity contribution in [3.05, 3.63) is 17.5 Å². The summed E-state index contributed by atoms with van der Waals surface area (Å²) in [5.74, 6) is -0.111. The van der Waals surface area contributed by atoms with Crippen LogP contribution < -0.4 is 11.1 Å². The number of carbonyl (C=O) groups excluding carboxylic acids is 1. The summed E-state index contributed by atoms with van der Waals surface area (Å²) in [6.45, 7) is 7.68. The number of hydrogen-bond donors (Lipinski definition) is 2. The molecule has 0 bridgehead atoms.